The molecule has 4 rings (SSSR count). The van der Waals surface area contributed by atoms with Gasteiger partial charge in [0.2, 0.25) is 0 Å². The highest BCUT2D eigenvalue weighted by Crippen LogP contribution is 2.35. The standard InChI is InChI=1S/C22H25NO5/c1-15(21(24)25-12-16-8-4-2-5-9-16)23-18-14-27-22(20-19(18)28-20)26-13-17-10-6-3-7-11-17/h2-11,15,18-20,22-23H,12-14H2,1H3/t15-,18-,19-,20-,22-/m0/s1. The van der Waals surface area contributed by atoms with Crippen molar-refractivity contribution in [1.82, 2.24) is 5.32 Å². The summed E-state index contributed by atoms with van der Waals surface area (Å²) in [5.41, 5.74) is 2.06. The Morgan fingerprint density at radius 1 is 1.04 bits per heavy atom. The maximum atomic E-state index is 12.2. The van der Waals surface area contributed by atoms with E-state index in [9.17, 15) is 4.79 Å². The van der Waals surface area contributed by atoms with Crippen molar-refractivity contribution in [2.75, 3.05) is 6.61 Å². The smallest absolute Gasteiger partial charge is 0.323 e. The molecule has 0 saturated carbocycles. The zero-order valence-electron chi connectivity index (χ0n) is 15.8. The van der Waals surface area contributed by atoms with Gasteiger partial charge in [-0.05, 0) is 18.1 Å². The van der Waals surface area contributed by atoms with Crippen LogP contribution in [0.5, 0.6) is 0 Å². The normalized spacial score (nSPS) is 26.9. The van der Waals surface area contributed by atoms with Gasteiger partial charge in [-0.2, -0.15) is 0 Å². The van der Waals surface area contributed by atoms with Crippen LogP contribution in [-0.2, 0) is 37.0 Å². The number of benzene rings is 2. The van der Waals surface area contributed by atoms with Crippen LogP contribution < -0.4 is 5.32 Å². The van der Waals surface area contributed by atoms with Crippen molar-refractivity contribution in [3.63, 3.8) is 0 Å². The topological polar surface area (TPSA) is 69.3 Å². The lowest BCUT2D eigenvalue weighted by atomic mass is 10.1. The molecule has 0 aromatic heterocycles. The predicted octanol–water partition coefficient (Wildman–Crippen LogP) is 2.42. The summed E-state index contributed by atoms with van der Waals surface area (Å²) >= 11 is 0. The van der Waals surface area contributed by atoms with Crippen LogP contribution >= 0.6 is 0 Å². The van der Waals surface area contributed by atoms with Crippen molar-refractivity contribution in [1.29, 1.82) is 0 Å². The van der Waals surface area contributed by atoms with Gasteiger partial charge < -0.3 is 18.9 Å². The fraction of sp³-hybridized carbons (Fsp3) is 0.409. The van der Waals surface area contributed by atoms with E-state index >= 15 is 0 Å². The lowest BCUT2D eigenvalue weighted by Gasteiger charge is -2.27. The molecule has 0 spiro atoms. The molecule has 2 fully saturated rings. The lowest BCUT2D eigenvalue weighted by Crippen LogP contribution is -2.51. The van der Waals surface area contributed by atoms with Crippen LogP contribution in [0.3, 0.4) is 0 Å². The molecule has 0 unspecified atom stereocenters. The molecule has 148 valence electrons. The minimum atomic E-state index is -0.441. The number of hydrogen-bond acceptors (Lipinski definition) is 6. The maximum Gasteiger partial charge on any atom is 0.323 e. The predicted molar refractivity (Wildman–Crippen MR) is 102 cm³/mol. The highest BCUT2D eigenvalue weighted by Gasteiger charge is 2.55. The summed E-state index contributed by atoms with van der Waals surface area (Å²) in [6.45, 7) is 2.98. The van der Waals surface area contributed by atoms with Crippen molar-refractivity contribution in [2.45, 2.75) is 50.7 Å². The second-order valence-corrected chi connectivity index (χ2v) is 7.15. The van der Waals surface area contributed by atoms with Crippen molar-refractivity contribution in [3.8, 4) is 0 Å². The number of fused-ring (bicyclic) bond motifs is 1. The Morgan fingerprint density at radius 2 is 1.68 bits per heavy atom. The molecule has 6 nitrogen and oxygen atoms in total. The van der Waals surface area contributed by atoms with Gasteiger partial charge in [-0.15, -0.1) is 0 Å². The van der Waals surface area contributed by atoms with Crippen LogP contribution in [-0.4, -0.2) is 43.2 Å². The lowest BCUT2D eigenvalue weighted by molar-refractivity contribution is -0.171. The number of carbonyl (C=O) groups excluding carboxylic acids is 1. The van der Waals surface area contributed by atoms with E-state index in [0.29, 0.717) is 13.2 Å². The van der Waals surface area contributed by atoms with Gasteiger partial charge in [0.25, 0.3) is 0 Å². The first-order valence-corrected chi connectivity index (χ1v) is 9.60. The van der Waals surface area contributed by atoms with Crippen molar-refractivity contribution < 1.29 is 23.7 Å². The molecule has 1 N–H and O–H groups in total. The zero-order chi connectivity index (χ0) is 19.3. The number of epoxide rings is 1. The molecule has 2 aliphatic rings. The van der Waals surface area contributed by atoms with Gasteiger partial charge >= 0.3 is 5.97 Å². The molecule has 2 saturated heterocycles. The van der Waals surface area contributed by atoms with Crippen LogP contribution in [0.1, 0.15) is 18.1 Å². The molecule has 28 heavy (non-hydrogen) atoms. The van der Waals surface area contributed by atoms with Crippen molar-refractivity contribution in [3.05, 3.63) is 71.8 Å². The molecule has 0 radical (unpaired) electrons. The monoisotopic (exact) mass is 383 g/mol. The van der Waals surface area contributed by atoms with E-state index in [1.807, 2.05) is 60.7 Å². The van der Waals surface area contributed by atoms with Crippen LogP contribution in [0.25, 0.3) is 0 Å². The van der Waals surface area contributed by atoms with Gasteiger partial charge in [0.15, 0.2) is 6.29 Å². The Kier molecular flexibility index (Phi) is 6.02. The highest BCUT2D eigenvalue weighted by atomic mass is 16.7. The average Bonchev–Trinajstić information content (AvgIpc) is 3.54. The second kappa shape index (κ2) is 8.84. The van der Waals surface area contributed by atoms with Gasteiger partial charge in [-0.3, -0.25) is 10.1 Å². The fourth-order valence-electron chi connectivity index (χ4n) is 3.35. The first kappa shape index (κ1) is 19.1. The Labute approximate surface area is 164 Å². The number of esters is 1. The minimum Gasteiger partial charge on any atom is -0.460 e. The maximum absolute atomic E-state index is 12.2. The van der Waals surface area contributed by atoms with E-state index in [-0.39, 0.29) is 37.1 Å². The number of carbonyl (C=O) groups is 1. The third-order valence-electron chi connectivity index (χ3n) is 4.96. The van der Waals surface area contributed by atoms with E-state index in [0.717, 1.165) is 11.1 Å². The van der Waals surface area contributed by atoms with Crippen LogP contribution in [0, 0.1) is 0 Å². The van der Waals surface area contributed by atoms with Crippen LogP contribution in [0.15, 0.2) is 60.7 Å². The molecule has 5 atom stereocenters. The van der Waals surface area contributed by atoms with Crippen LogP contribution in [0.4, 0.5) is 0 Å². The van der Waals surface area contributed by atoms with E-state index < -0.39 is 6.04 Å². The Balaban J connectivity index is 1.20. The molecule has 0 bridgehead atoms. The molecule has 0 amide bonds. The zero-order valence-corrected chi connectivity index (χ0v) is 15.8. The molecule has 2 aromatic rings. The molecular formula is C22H25NO5. The van der Waals surface area contributed by atoms with Gasteiger partial charge in [-0.25, -0.2) is 0 Å². The first-order valence-electron chi connectivity index (χ1n) is 9.60. The largest absolute Gasteiger partial charge is 0.460 e. The molecule has 6 heteroatoms. The van der Waals surface area contributed by atoms with Crippen molar-refractivity contribution in [2.24, 2.45) is 0 Å². The summed E-state index contributed by atoms with van der Waals surface area (Å²) in [4.78, 5) is 12.2. The van der Waals surface area contributed by atoms with Gasteiger partial charge in [-0.1, -0.05) is 60.7 Å². The molecule has 2 aliphatic heterocycles. The SMILES string of the molecule is C[C@H](N[C@H]1CO[C@H](OCc2ccccc2)[C@H]2O[C@H]21)C(=O)OCc1ccccc1. The third-order valence-corrected chi connectivity index (χ3v) is 4.96. The summed E-state index contributed by atoms with van der Waals surface area (Å²) < 4.78 is 22.8. The summed E-state index contributed by atoms with van der Waals surface area (Å²) in [5, 5.41) is 3.26. The van der Waals surface area contributed by atoms with E-state index in [4.69, 9.17) is 18.9 Å². The average molecular weight is 383 g/mol. The van der Waals surface area contributed by atoms with Gasteiger partial charge in [0.1, 0.15) is 24.9 Å². The molecule has 0 aliphatic carbocycles. The number of hydrogen-bond donors (Lipinski definition) is 1. The summed E-state index contributed by atoms with van der Waals surface area (Å²) in [6.07, 6.45) is -0.468. The Bertz CT molecular complexity index is 769. The van der Waals surface area contributed by atoms with Gasteiger partial charge in [0.05, 0.1) is 19.3 Å². The number of ether oxygens (including phenoxy) is 4. The second-order valence-electron chi connectivity index (χ2n) is 7.15. The van der Waals surface area contributed by atoms with E-state index in [1.54, 1.807) is 6.92 Å². The summed E-state index contributed by atoms with van der Waals surface area (Å²) in [6, 6.07) is 19.1. The van der Waals surface area contributed by atoms with Crippen molar-refractivity contribution >= 4 is 5.97 Å². The minimum absolute atomic E-state index is 0.00102. The highest BCUT2D eigenvalue weighted by molar-refractivity contribution is 5.75. The molecule has 2 heterocycles. The van der Waals surface area contributed by atoms with E-state index in [1.165, 1.54) is 0 Å². The fourth-order valence-corrected chi connectivity index (χ4v) is 3.35. The Morgan fingerprint density at radius 3 is 2.36 bits per heavy atom. The quantitative estimate of drug-likeness (QED) is 0.558. The molecule has 2 aromatic carbocycles. The number of nitrogens with one attached hydrogen (secondary N) is 1. The van der Waals surface area contributed by atoms with E-state index in [2.05, 4.69) is 5.32 Å². The van der Waals surface area contributed by atoms with Gasteiger partial charge in [0, 0.05) is 0 Å². The third kappa shape index (κ3) is 4.77. The van der Waals surface area contributed by atoms with Crippen LogP contribution in [0.2, 0.25) is 0 Å². The summed E-state index contributed by atoms with van der Waals surface area (Å²) in [7, 11) is 0. The Hall–Kier alpha value is -2.25. The first-order chi connectivity index (χ1) is 13.7. The molecular weight excluding hydrogens is 358 g/mol. The number of rotatable bonds is 8. The summed E-state index contributed by atoms with van der Waals surface area (Å²) in [5.74, 6) is -0.288.